The van der Waals surface area contributed by atoms with Crippen LogP contribution in [0.4, 0.5) is 13.8 Å². The number of hydrogen-bond acceptors (Lipinski definition) is 3. The number of carbonyl (C=O) groups excluding carboxylic acids is 2. The fourth-order valence-corrected chi connectivity index (χ4v) is 6.57. The fourth-order valence-electron chi connectivity index (χ4n) is 5.80. The average Bonchev–Trinajstić information content (AvgIpc) is 3.14. The van der Waals surface area contributed by atoms with Crippen LogP contribution in [0.5, 0.6) is 0 Å². The first-order valence-corrected chi connectivity index (χ1v) is 9.80. The summed E-state index contributed by atoms with van der Waals surface area (Å²) in [6.45, 7) is -1.07. The first kappa shape index (κ1) is 15.7. The maximum atomic E-state index is 13.1. The Bertz CT molecular complexity index is 740. The highest BCUT2D eigenvalue weighted by Crippen LogP contribution is 2.65. The highest BCUT2D eigenvalue weighted by molar-refractivity contribution is 7.14. The number of nitrogens with zero attached hydrogens (tertiary/aromatic N) is 1. The number of carbonyl (C=O) groups is 2. The lowest BCUT2D eigenvalue weighted by molar-refractivity contribution is -0.127. The monoisotopic (exact) mass is 366 g/mol. The molecular formula is C18H20F2N2O2S. The molecule has 5 fully saturated rings. The second-order valence-corrected chi connectivity index (χ2v) is 9.25. The van der Waals surface area contributed by atoms with Crippen molar-refractivity contribution in [2.75, 3.05) is 18.4 Å². The molecule has 1 N–H and O–H groups in total. The molecule has 0 aromatic carbocycles. The topological polar surface area (TPSA) is 49.4 Å². The second-order valence-electron chi connectivity index (χ2n) is 8.34. The van der Waals surface area contributed by atoms with Crippen LogP contribution in [0.2, 0.25) is 0 Å². The number of rotatable bonds is 3. The molecule has 0 radical (unpaired) electrons. The molecule has 134 valence electrons. The number of nitrogens with one attached hydrogen (secondary N) is 1. The van der Waals surface area contributed by atoms with Crippen molar-refractivity contribution in [2.45, 2.75) is 38.0 Å². The molecule has 4 bridgehead atoms. The summed E-state index contributed by atoms with van der Waals surface area (Å²) in [6, 6.07) is 1.62. The fraction of sp³-hybridized carbons (Fsp3) is 0.667. The van der Waals surface area contributed by atoms with Crippen LogP contribution in [-0.4, -0.2) is 35.7 Å². The van der Waals surface area contributed by atoms with Crippen molar-refractivity contribution in [1.29, 1.82) is 0 Å². The molecule has 0 spiro atoms. The van der Waals surface area contributed by atoms with E-state index in [-0.39, 0.29) is 11.3 Å². The van der Waals surface area contributed by atoms with E-state index in [2.05, 4.69) is 5.32 Å². The van der Waals surface area contributed by atoms with Crippen LogP contribution in [0.25, 0.3) is 0 Å². The molecule has 2 amide bonds. The highest BCUT2D eigenvalue weighted by Gasteiger charge is 2.61. The summed E-state index contributed by atoms with van der Waals surface area (Å²) < 4.78 is 26.1. The molecule has 25 heavy (non-hydrogen) atoms. The van der Waals surface area contributed by atoms with Gasteiger partial charge in [0.15, 0.2) is 0 Å². The van der Waals surface area contributed by atoms with Gasteiger partial charge in [-0.2, -0.15) is 0 Å². The van der Waals surface area contributed by atoms with Gasteiger partial charge in [0.1, 0.15) is 5.00 Å². The van der Waals surface area contributed by atoms with Gasteiger partial charge in [0.2, 0.25) is 5.91 Å². The lowest BCUT2D eigenvalue weighted by Gasteiger charge is -2.38. The summed E-state index contributed by atoms with van der Waals surface area (Å²) in [5.41, 5.74) is 0.0738. The molecule has 1 aromatic heterocycles. The van der Waals surface area contributed by atoms with Crippen LogP contribution in [0.3, 0.4) is 0 Å². The van der Waals surface area contributed by atoms with Gasteiger partial charge in [-0.15, -0.1) is 11.3 Å². The van der Waals surface area contributed by atoms with E-state index in [1.807, 2.05) is 0 Å². The number of thiophene rings is 1. The molecule has 1 aliphatic heterocycles. The Hall–Kier alpha value is -1.50. The first-order chi connectivity index (χ1) is 11.9. The maximum Gasteiger partial charge on any atom is 0.282 e. The quantitative estimate of drug-likeness (QED) is 0.889. The van der Waals surface area contributed by atoms with Crippen molar-refractivity contribution in [3.63, 3.8) is 0 Å². The molecule has 4 nitrogen and oxygen atoms in total. The zero-order valence-electron chi connectivity index (χ0n) is 13.8. The zero-order valence-corrected chi connectivity index (χ0v) is 14.6. The van der Waals surface area contributed by atoms with Gasteiger partial charge in [0.25, 0.3) is 11.8 Å². The van der Waals surface area contributed by atoms with Crippen molar-refractivity contribution in [3.05, 3.63) is 17.0 Å². The molecular weight excluding hydrogens is 346 g/mol. The maximum absolute atomic E-state index is 13.1. The summed E-state index contributed by atoms with van der Waals surface area (Å²) in [7, 11) is 0. The molecule has 4 saturated carbocycles. The van der Waals surface area contributed by atoms with Gasteiger partial charge >= 0.3 is 0 Å². The van der Waals surface area contributed by atoms with Gasteiger partial charge in [-0.3, -0.25) is 9.59 Å². The van der Waals surface area contributed by atoms with E-state index in [0.717, 1.165) is 30.6 Å². The van der Waals surface area contributed by atoms with E-state index in [1.165, 1.54) is 17.8 Å². The minimum absolute atomic E-state index is 0.0349. The van der Waals surface area contributed by atoms with E-state index in [4.69, 9.17) is 0 Å². The van der Waals surface area contributed by atoms with Crippen molar-refractivity contribution < 1.29 is 18.4 Å². The Labute approximate surface area is 148 Å². The van der Waals surface area contributed by atoms with E-state index >= 15 is 0 Å². The largest absolute Gasteiger partial charge is 0.326 e. The SMILES string of the molecule is O=C(c1ccsc1NC(=O)C12CC3CC(CC1C3)C2)N1CC(F)(F)C1. The molecule has 2 unspecified atom stereocenters. The van der Waals surface area contributed by atoms with E-state index in [1.54, 1.807) is 11.4 Å². The van der Waals surface area contributed by atoms with Gasteiger partial charge in [-0.05, 0) is 61.3 Å². The number of amides is 2. The lowest BCUT2D eigenvalue weighted by Crippen LogP contribution is -2.58. The Morgan fingerprint density at radius 3 is 2.48 bits per heavy atom. The Morgan fingerprint density at radius 1 is 1.16 bits per heavy atom. The number of likely N-dealkylation sites (tertiary alicyclic amines) is 1. The van der Waals surface area contributed by atoms with Gasteiger partial charge < -0.3 is 10.2 Å². The molecule has 1 aromatic rings. The smallest absolute Gasteiger partial charge is 0.282 e. The summed E-state index contributed by atoms with van der Waals surface area (Å²) in [5.74, 6) is -1.34. The van der Waals surface area contributed by atoms with Crippen molar-refractivity contribution in [1.82, 2.24) is 4.90 Å². The third kappa shape index (κ3) is 2.27. The second kappa shape index (κ2) is 5.02. The van der Waals surface area contributed by atoms with Crippen molar-refractivity contribution in [3.8, 4) is 0 Å². The third-order valence-electron chi connectivity index (χ3n) is 6.70. The van der Waals surface area contributed by atoms with Crippen LogP contribution in [0.1, 0.15) is 42.5 Å². The molecule has 4 aliphatic carbocycles. The highest BCUT2D eigenvalue weighted by atomic mass is 32.1. The molecule has 1 saturated heterocycles. The molecule has 7 heteroatoms. The normalized spacial score (nSPS) is 37.2. The standard InChI is InChI=1S/C18H20F2N2O2S/c19-18(20)8-22(9-18)15(23)13-1-2-25-14(13)21-16(24)17-6-10-3-11(7-17)5-12(17)4-10/h1-2,10-12H,3-9H2,(H,21,24). The lowest BCUT2D eigenvalue weighted by atomic mass is 9.75. The van der Waals surface area contributed by atoms with Crippen LogP contribution < -0.4 is 5.32 Å². The van der Waals surface area contributed by atoms with Crippen molar-refractivity contribution in [2.24, 2.45) is 23.2 Å². The van der Waals surface area contributed by atoms with Crippen LogP contribution in [0.15, 0.2) is 11.4 Å². The zero-order chi connectivity index (χ0) is 17.4. The molecule has 2 heterocycles. The Morgan fingerprint density at radius 2 is 1.84 bits per heavy atom. The Kier molecular flexibility index (Phi) is 3.16. The average molecular weight is 366 g/mol. The van der Waals surface area contributed by atoms with Crippen molar-refractivity contribution >= 4 is 28.2 Å². The minimum Gasteiger partial charge on any atom is -0.326 e. The van der Waals surface area contributed by atoms with E-state index in [9.17, 15) is 18.4 Å². The number of hydrogen-bond donors (Lipinski definition) is 1. The first-order valence-electron chi connectivity index (χ1n) is 8.92. The minimum atomic E-state index is -2.78. The Balaban J connectivity index is 1.33. The predicted octanol–water partition coefficient (Wildman–Crippen LogP) is 3.60. The van der Waals surface area contributed by atoms with Gasteiger partial charge in [-0.1, -0.05) is 0 Å². The van der Waals surface area contributed by atoms with Gasteiger partial charge in [0, 0.05) is 0 Å². The van der Waals surface area contributed by atoms with Crippen LogP contribution >= 0.6 is 11.3 Å². The summed E-state index contributed by atoms with van der Waals surface area (Å²) >= 11 is 1.29. The number of alkyl halides is 2. The summed E-state index contributed by atoms with van der Waals surface area (Å²) in [5, 5.41) is 5.22. The summed E-state index contributed by atoms with van der Waals surface area (Å²) in [6.07, 6.45) is 5.50. The molecule has 2 atom stereocenters. The summed E-state index contributed by atoms with van der Waals surface area (Å²) in [4.78, 5) is 26.6. The number of halogens is 2. The molecule has 5 aliphatic rings. The van der Waals surface area contributed by atoms with Crippen LogP contribution in [-0.2, 0) is 4.79 Å². The van der Waals surface area contributed by atoms with Crippen LogP contribution in [0, 0.1) is 23.2 Å². The number of anilines is 1. The third-order valence-corrected chi connectivity index (χ3v) is 7.53. The van der Waals surface area contributed by atoms with E-state index < -0.39 is 24.9 Å². The van der Waals surface area contributed by atoms with E-state index in [0.29, 0.717) is 28.3 Å². The molecule has 6 rings (SSSR count). The predicted molar refractivity (Wildman–Crippen MR) is 89.8 cm³/mol. The van der Waals surface area contributed by atoms with Gasteiger partial charge in [0.05, 0.1) is 24.1 Å². The van der Waals surface area contributed by atoms with Gasteiger partial charge in [-0.25, -0.2) is 8.78 Å².